The van der Waals surface area contributed by atoms with Gasteiger partial charge in [0.2, 0.25) is 5.91 Å². The predicted octanol–water partition coefficient (Wildman–Crippen LogP) is 8.97. The molecule has 1 fully saturated rings. The van der Waals surface area contributed by atoms with E-state index in [1.165, 1.54) is 43.3 Å². The number of fused-ring (bicyclic) bond motifs is 2. The summed E-state index contributed by atoms with van der Waals surface area (Å²) in [5, 5.41) is 52.5. The molecule has 6 aromatic carbocycles. The first-order chi connectivity index (χ1) is 27.7. The molecule has 1 heterocycles. The van der Waals surface area contributed by atoms with Crippen LogP contribution in [0.1, 0.15) is 34.6 Å². The van der Waals surface area contributed by atoms with Crippen LogP contribution < -0.4 is 10.2 Å². The summed E-state index contributed by atoms with van der Waals surface area (Å²) in [5.74, 6) is -2.79. The fraction of sp³-hybridized carbons (Fsp3) is 0.146. The zero-order valence-electron chi connectivity index (χ0n) is 30.9. The topological polar surface area (TPSA) is 234 Å². The number of carbonyl (C=O) groups excluding carboxylic acids is 1. The minimum Gasteiger partial charge on any atom is -0.505 e. The monoisotopic (exact) mass is 801 g/mol. The van der Waals surface area contributed by atoms with E-state index in [9.17, 15) is 42.7 Å². The lowest BCUT2D eigenvalue weighted by Gasteiger charge is -2.40. The third-order valence-corrected chi connectivity index (χ3v) is 10.6. The van der Waals surface area contributed by atoms with E-state index in [0.717, 1.165) is 0 Å². The van der Waals surface area contributed by atoms with Crippen molar-refractivity contribution in [1.82, 2.24) is 4.90 Å². The Morgan fingerprint density at radius 1 is 0.707 bits per heavy atom. The minimum absolute atomic E-state index is 0.0229. The third kappa shape index (κ3) is 8.02. The van der Waals surface area contributed by atoms with Crippen LogP contribution in [0.15, 0.2) is 128 Å². The summed E-state index contributed by atoms with van der Waals surface area (Å²) < 4.78 is 35.2. The van der Waals surface area contributed by atoms with E-state index in [2.05, 4.69) is 25.8 Å². The molecule has 6 aromatic rings. The Kier molecular flexibility index (Phi) is 10.6. The number of carboxylic acids is 2. The molecule has 0 aromatic heterocycles. The lowest BCUT2D eigenvalue weighted by atomic mass is 10.1. The summed E-state index contributed by atoms with van der Waals surface area (Å²) in [6, 6.07) is 26.6. The fourth-order valence-corrected chi connectivity index (χ4v) is 7.53. The molecule has 58 heavy (non-hydrogen) atoms. The molecule has 0 saturated carbocycles. The molecule has 1 saturated heterocycles. The zero-order chi connectivity index (χ0) is 41.3. The zero-order valence-corrected chi connectivity index (χ0v) is 31.8. The van der Waals surface area contributed by atoms with Gasteiger partial charge in [-0.05, 0) is 85.1 Å². The number of hydrogen-bond donors (Lipinski definition) is 5. The van der Waals surface area contributed by atoms with Gasteiger partial charge >= 0.3 is 11.9 Å². The van der Waals surface area contributed by atoms with Gasteiger partial charge in [-0.15, -0.1) is 20.5 Å². The summed E-state index contributed by atoms with van der Waals surface area (Å²) in [7, 11) is -4.90. The number of piperazine rings is 1. The van der Waals surface area contributed by atoms with Crippen LogP contribution in [-0.2, 0) is 14.9 Å². The molecule has 17 heteroatoms. The van der Waals surface area contributed by atoms with Gasteiger partial charge in [-0.25, -0.2) is 9.59 Å². The molecule has 7 rings (SSSR count). The van der Waals surface area contributed by atoms with Crippen LogP contribution in [0, 0.1) is 0 Å². The van der Waals surface area contributed by atoms with E-state index >= 15 is 0 Å². The van der Waals surface area contributed by atoms with E-state index in [1.807, 2.05) is 11.8 Å². The van der Waals surface area contributed by atoms with Gasteiger partial charge in [0.1, 0.15) is 16.3 Å². The van der Waals surface area contributed by atoms with Crippen LogP contribution in [0.5, 0.6) is 5.75 Å². The van der Waals surface area contributed by atoms with Crippen molar-refractivity contribution in [2.24, 2.45) is 20.5 Å². The van der Waals surface area contributed by atoms with Gasteiger partial charge in [0.05, 0.1) is 28.2 Å². The second-order valence-corrected chi connectivity index (χ2v) is 14.9. The van der Waals surface area contributed by atoms with Crippen molar-refractivity contribution in [3.05, 3.63) is 114 Å². The first kappa shape index (κ1) is 39.0. The molecule has 0 radical (unpaired) electrons. The molecule has 294 valence electrons. The summed E-state index contributed by atoms with van der Waals surface area (Å²) in [4.78, 5) is 38.4. The van der Waals surface area contributed by atoms with E-state index in [4.69, 9.17) is 0 Å². The summed E-state index contributed by atoms with van der Waals surface area (Å²) >= 11 is 0. The average Bonchev–Trinajstić information content (AvgIpc) is 3.19. The number of azo groups is 2. The molecule has 0 bridgehead atoms. The van der Waals surface area contributed by atoms with Crippen LogP contribution in [0.2, 0.25) is 0 Å². The second kappa shape index (κ2) is 15.7. The first-order valence-corrected chi connectivity index (χ1v) is 19.2. The molecule has 0 aliphatic carbocycles. The average molecular weight is 802 g/mol. The maximum absolute atomic E-state index is 12.5. The number of anilines is 3. The number of amides is 1. The number of benzene rings is 6. The molecular formula is C41H35N7O9S. The summed E-state index contributed by atoms with van der Waals surface area (Å²) in [6.07, 6.45) is 0. The third-order valence-electron chi connectivity index (χ3n) is 9.75. The summed E-state index contributed by atoms with van der Waals surface area (Å²) in [5.41, 5.74) is 2.30. The number of aromatic carboxylic acids is 2. The molecule has 16 nitrogen and oxygen atoms in total. The largest absolute Gasteiger partial charge is 0.505 e. The predicted molar refractivity (Wildman–Crippen MR) is 217 cm³/mol. The van der Waals surface area contributed by atoms with Gasteiger partial charge in [-0.1, -0.05) is 30.3 Å². The SMILES string of the molecule is CC(=O)N1CCN(c2ccc(C(=O)O)cc2N=Nc2ccc(N=Nc3c(S(=O)(=O)O)cc4ccc(Nc5ccc(C(=O)O)cc5)cc4c3O)c3ccccc23)CC1C. The van der Waals surface area contributed by atoms with Crippen LogP contribution in [0.4, 0.5) is 39.8 Å². The Hall–Kier alpha value is -7.24. The Labute approximate surface area is 331 Å². The fourth-order valence-electron chi connectivity index (χ4n) is 6.88. The molecule has 1 aliphatic heterocycles. The second-order valence-electron chi connectivity index (χ2n) is 13.6. The minimum atomic E-state index is -4.90. The number of phenolic OH excluding ortho intramolecular Hbond substituents is 1. The normalized spacial score (nSPS) is 14.8. The Balaban J connectivity index is 1.23. The highest BCUT2D eigenvalue weighted by Gasteiger charge is 2.27. The van der Waals surface area contributed by atoms with Gasteiger partial charge in [-0.3, -0.25) is 9.35 Å². The van der Waals surface area contributed by atoms with Gasteiger partial charge in [-0.2, -0.15) is 8.42 Å². The van der Waals surface area contributed by atoms with Gasteiger partial charge < -0.3 is 30.4 Å². The Morgan fingerprint density at radius 2 is 1.31 bits per heavy atom. The van der Waals surface area contributed by atoms with E-state index in [1.54, 1.807) is 71.6 Å². The van der Waals surface area contributed by atoms with Gasteiger partial charge in [0.25, 0.3) is 10.1 Å². The van der Waals surface area contributed by atoms with Crippen LogP contribution >= 0.6 is 0 Å². The van der Waals surface area contributed by atoms with Crippen molar-refractivity contribution in [2.75, 3.05) is 29.9 Å². The van der Waals surface area contributed by atoms with Crippen molar-refractivity contribution < 1.29 is 42.7 Å². The number of nitrogens with zero attached hydrogens (tertiary/aromatic N) is 6. The lowest BCUT2D eigenvalue weighted by molar-refractivity contribution is -0.131. The number of carboxylic acid groups (broad SMARTS) is 2. The van der Waals surface area contributed by atoms with E-state index in [-0.39, 0.29) is 39.5 Å². The highest BCUT2D eigenvalue weighted by molar-refractivity contribution is 7.86. The molecule has 1 aliphatic rings. The number of aromatic hydroxyl groups is 1. The van der Waals surface area contributed by atoms with Gasteiger partial charge in [0, 0.05) is 60.1 Å². The lowest BCUT2D eigenvalue weighted by Crippen LogP contribution is -2.53. The van der Waals surface area contributed by atoms with E-state index < -0.39 is 38.4 Å². The summed E-state index contributed by atoms with van der Waals surface area (Å²) in [6.45, 7) is 4.97. The maximum atomic E-state index is 12.5. The quantitative estimate of drug-likeness (QED) is 0.0647. The van der Waals surface area contributed by atoms with Crippen molar-refractivity contribution in [1.29, 1.82) is 0 Å². The number of nitrogens with one attached hydrogen (secondary N) is 1. The number of rotatable bonds is 10. The van der Waals surface area contributed by atoms with Crippen molar-refractivity contribution in [3.63, 3.8) is 0 Å². The molecule has 0 spiro atoms. The van der Waals surface area contributed by atoms with Crippen molar-refractivity contribution in [2.45, 2.75) is 24.8 Å². The highest BCUT2D eigenvalue weighted by Crippen LogP contribution is 2.44. The first-order valence-electron chi connectivity index (χ1n) is 17.8. The Bertz CT molecular complexity index is 2810. The molecule has 1 unspecified atom stereocenters. The smallest absolute Gasteiger partial charge is 0.335 e. The van der Waals surface area contributed by atoms with Crippen LogP contribution in [0.3, 0.4) is 0 Å². The number of carbonyl (C=O) groups is 3. The molecule has 1 amide bonds. The Morgan fingerprint density at radius 3 is 1.91 bits per heavy atom. The highest BCUT2D eigenvalue weighted by atomic mass is 32.2. The number of phenols is 1. The van der Waals surface area contributed by atoms with Gasteiger partial charge in [0.15, 0.2) is 5.75 Å². The molecular weight excluding hydrogens is 767 g/mol. The van der Waals surface area contributed by atoms with Crippen molar-refractivity contribution in [3.8, 4) is 5.75 Å². The van der Waals surface area contributed by atoms with E-state index in [0.29, 0.717) is 58.8 Å². The molecule has 1 atom stereocenters. The standard InChI is InChI=1S/C41H35N7O9S/c1-23-22-47(17-18-48(23)24(2)49)36-16-10-27(41(53)54)19-35(36)45-43-33-14-15-34(31-6-4-3-5-30(31)33)44-46-38-37(58(55,56)57)20-26-9-13-29(21-32(26)39(38)50)42-28-11-7-25(8-12-28)40(51)52/h3-16,19-21,23,42,50H,17-18,22H2,1-2H3,(H,51,52)(H,53,54)(H,55,56,57). The van der Waals surface area contributed by atoms with Crippen LogP contribution in [0.25, 0.3) is 21.5 Å². The van der Waals surface area contributed by atoms with Crippen molar-refractivity contribution >= 4 is 89.3 Å². The maximum Gasteiger partial charge on any atom is 0.335 e. The molecule has 5 N–H and O–H groups in total. The number of hydrogen-bond acceptors (Lipinski definition) is 12. The van der Waals surface area contributed by atoms with Crippen LogP contribution in [-0.4, -0.2) is 76.7 Å².